The van der Waals surface area contributed by atoms with Gasteiger partial charge in [0.25, 0.3) is 0 Å². The number of carbonyl (C=O) groups excluding carboxylic acids is 1. The predicted octanol–water partition coefficient (Wildman–Crippen LogP) is 1.09. The van der Waals surface area contributed by atoms with Crippen molar-refractivity contribution in [1.82, 2.24) is 0 Å². The molecule has 0 aromatic carbocycles. The number of hydrogen-bond donors (Lipinski definition) is 1. The van der Waals surface area contributed by atoms with Gasteiger partial charge in [0.15, 0.2) is 0 Å². The van der Waals surface area contributed by atoms with Crippen LogP contribution in [-0.4, -0.2) is 11.8 Å². The molecule has 10 heavy (non-hydrogen) atoms. The quantitative estimate of drug-likeness (QED) is 0.625. The Balaban J connectivity index is 2.46. The van der Waals surface area contributed by atoms with Gasteiger partial charge in [-0.25, -0.2) is 0 Å². The molecule has 0 heterocycles. The molecule has 0 aromatic heterocycles. The lowest BCUT2D eigenvalue weighted by molar-refractivity contribution is -0.122. The van der Waals surface area contributed by atoms with Crippen LogP contribution >= 0.6 is 0 Å². The SMILES string of the molecule is CCC(=O)C1CCCC1N. The number of rotatable bonds is 2. The molecular weight excluding hydrogens is 126 g/mol. The van der Waals surface area contributed by atoms with Gasteiger partial charge in [-0.15, -0.1) is 0 Å². The predicted molar refractivity (Wildman–Crippen MR) is 40.6 cm³/mol. The minimum atomic E-state index is 0.160. The first-order chi connectivity index (χ1) is 4.75. The third-order valence-electron chi connectivity index (χ3n) is 2.33. The normalized spacial score (nSPS) is 32.6. The van der Waals surface area contributed by atoms with Crippen LogP contribution in [0, 0.1) is 5.92 Å². The van der Waals surface area contributed by atoms with Crippen LogP contribution in [0.4, 0.5) is 0 Å². The van der Waals surface area contributed by atoms with E-state index in [-0.39, 0.29) is 12.0 Å². The van der Waals surface area contributed by atoms with E-state index in [1.165, 1.54) is 0 Å². The molecule has 2 atom stereocenters. The second-order valence-electron chi connectivity index (χ2n) is 3.02. The molecule has 0 aromatic rings. The first kappa shape index (κ1) is 7.73. The fourth-order valence-corrected chi connectivity index (χ4v) is 1.65. The molecule has 1 saturated carbocycles. The van der Waals surface area contributed by atoms with Crippen LogP contribution in [0.2, 0.25) is 0 Å². The Kier molecular flexibility index (Phi) is 2.44. The van der Waals surface area contributed by atoms with Gasteiger partial charge < -0.3 is 5.73 Å². The molecule has 1 fully saturated rings. The van der Waals surface area contributed by atoms with Gasteiger partial charge in [-0.3, -0.25) is 4.79 Å². The number of carbonyl (C=O) groups is 1. The molecule has 0 bridgehead atoms. The van der Waals surface area contributed by atoms with E-state index in [9.17, 15) is 4.79 Å². The minimum Gasteiger partial charge on any atom is -0.327 e. The summed E-state index contributed by atoms with van der Waals surface area (Å²) in [4.78, 5) is 11.1. The van der Waals surface area contributed by atoms with Crippen LogP contribution in [0.25, 0.3) is 0 Å². The fraction of sp³-hybridized carbons (Fsp3) is 0.875. The maximum absolute atomic E-state index is 11.1. The van der Waals surface area contributed by atoms with Crippen LogP contribution in [0.3, 0.4) is 0 Å². The Hall–Kier alpha value is -0.370. The average molecular weight is 141 g/mol. The van der Waals surface area contributed by atoms with Crippen molar-refractivity contribution < 1.29 is 4.79 Å². The Morgan fingerprint density at radius 2 is 2.30 bits per heavy atom. The molecule has 2 unspecified atom stereocenters. The van der Waals surface area contributed by atoms with Crippen LogP contribution < -0.4 is 5.73 Å². The van der Waals surface area contributed by atoms with E-state index in [0.29, 0.717) is 12.2 Å². The van der Waals surface area contributed by atoms with E-state index in [1.54, 1.807) is 0 Å². The molecule has 2 N–H and O–H groups in total. The molecule has 58 valence electrons. The highest BCUT2D eigenvalue weighted by molar-refractivity contribution is 5.81. The van der Waals surface area contributed by atoms with Crippen molar-refractivity contribution in [2.24, 2.45) is 11.7 Å². The lowest BCUT2D eigenvalue weighted by atomic mass is 9.97. The fourth-order valence-electron chi connectivity index (χ4n) is 1.65. The standard InChI is InChI=1S/C8H15NO/c1-2-8(10)6-4-3-5-7(6)9/h6-7H,2-5,9H2,1H3. The van der Waals surface area contributed by atoms with Crippen molar-refractivity contribution in [2.75, 3.05) is 0 Å². The van der Waals surface area contributed by atoms with Gasteiger partial charge in [-0.2, -0.15) is 0 Å². The Bertz CT molecular complexity index is 133. The van der Waals surface area contributed by atoms with Crippen molar-refractivity contribution in [2.45, 2.75) is 38.6 Å². The zero-order valence-electron chi connectivity index (χ0n) is 6.47. The maximum atomic E-state index is 11.1. The lowest BCUT2D eigenvalue weighted by Gasteiger charge is -2.11. The minimum absolute atomic E-state index is 0.160. The lowest BCUT2D eigenvalue weighted by Crippen LogP contribution is -2.30. The largest absolute Gasteiger partial charge is 0.327 e. The molecule has 1 aliphatic carbocycles. The molecule has 1 aliphatic rings. The van der Waals surface area contributed by atoms with Crippen molar-refractivity contribution in [3.05, 3.63) is 0 Å². The van der Waals surface area contributed by atoms with E-state index < -0.39 is 0 Å². The second-order valence-corrected chi connectivity index (χ2v) is 3.02. The van der Waals surface area contributed by atoms with Crippen LogP contribution in [0.15, 0.2) is 0 Å². The molecule has 0 saturated heterocycles. The van der Waals surface area contributed by atoms with E-state index in [2.05, 4.69) is 0 Å². The topological polar surface area (TPSA) is 43.1 Å². The summed E-state index contributed by atoms with van der Waals surface area (Å²) >= 11 is 0. The zero-order valence-corrected chi connectivity index (χ0v) is 6.47. The van der Waals surface area contributed by atoms with Gasteiger partial charge in [0.05, 0.1) is 0 Å². The molecular formula is C8H15NO. The summed E-state index contributed by atoms with van der Waals surface area (Å²) in [5, 5.41) is 0. The van der Waals surface area contributed by atoms with Crippen molar-refractivity contribution in [3.8, 4) is 0 Å². The summed E-state index contributed by atoms with van der Waals surface area (Å²) in [6.07, 6.45) is 3.85. The van der Waals surface area contributed by atoms with E-state index in [1.807, 2.05) is 6.92 Å². The maximum Gasteiger partial charge on any atom is 0.137 e. The highest BCUT2D eigenvalue weighted by Gasteiger charge is 2.28. The van der Waals surface area contributed by atoms with Crippen LogP contribution in [0.1, 0.15) is 32.6 Å². The molecule has 0 amide bonds. The molecule has 1 rings (SSSR count). The third-order valence-corrected chi connectivity index (χ3v) is 2.33. The summed E-state index contributed by atoms with van der Waals surface area (Å²) in [7, 11) is 0. The molecule has 0 radical (unpaired) electrons. The van der Waals surface area contributed by atoms with Gasteiger partial charge >= 0.3 is 0 Å². The van der Waals surface area contributed by atoms with Crippen molar-refractivity contribution >= 4 is 5.78 Å². The molecule has 0 aliphatic heterocycles. The van der Waals surface area contributed by atoms with Gasteiger partial charge in [-0.05, 0) is 12.8 Å². The summed E-state index contributed by atoms with van der Waals surface area (Å²) in [5.74, 6) is 0.537. The monoisotopic (exact) mass is 141 g/mol. The zero-order chi connectivity index (χ0) is 7.56. The number of nitrogens with two attached hydrogens (primary N) is 1. The highest BCUT2D eigenvalue weighted by Crippen LogP contribution is 2.25. The van der Waals surface area contributed by atoms with Gasteiger partial charge in [-0.1, -0.05) is 13.3 Å². The van der Waals surface area contributed by atoms with Crippen molar-refractivity contribution in [3.63, 3.8) is 0 Å². The summed E-state index contributed by atoms with van der Waals surface area (Å²) < 4.78 is 0. The van der Waals surface area contributed by atoms with Gasteiger partial charge in [0.1, 0.15) is 5.78 Å². The third kappa shape index (κ3) is 1.37. The number of ketones is 1. The molecule has 2 nitrogen and oxygen atoms in total. The van der Waals surface area contributed by atoms with Gasteiger partial charge in [0, 0.05) is 18.4 Å². The van der Waals surface area contributed by atoms with Crippen LogP contribution in [0.5, 0.6) is 0 Å². The highest BCUT2D eigenvalue weighted by atomic mass is 16.1. The number of hydrogen-bond acceptors (Lipinski definition) is 2. The Labute approximate surface area is 61.8 Å². The van der Waals surface area contributed by atoms with Crippen molar-refractivity contribution in [1.29, 1.82) is 0 Å². The van der Waals surface area contributed by atoms with E-state index in [4.69, 9.17) is 5.73 Å². The van der Waals surface area contributed by atoms with Gasteiger partial charge in [0.2, 0.25) is 0 Å². The Morgan fingerprint density at radius 3 is 2.70 bits per heavy atom. The second kappa shape index (κ2) is 3.15. The smallest absolute Gasteiger partial charge is 0.137 e. The number of Topliss-reactive ketones (excluding diaryl/α,β-unsaturated/α-hetero) is 1. The summed E-state index contributed by atoms with van der Waals surface area (Å²) in [6, 6.07) is 0.160. The first-order valence-electron chi connectivity index (χ1n) is 4.04. The van der Waals surface area contributed by atoms with E-state index >= 15 is 0 Å². The average Bonchev–Trinajstić information content (AvgIpc) is 2.34. The summed E-state index contributed by atoms with van der Waals surface area (Å²) in [6.45, 7) is 1.91. The Morgan fingerprint density at radius 1 is 1.60 bits per heavy atom. The molecule has 2 heteroatoms. The first-order valence-corrected chi connectivity index (χ1v) is 4.04. The van der Waals surface area contributed by atoms with E-state index in [0.717, 1.165) is 19.3 Å². The molecule has 0 spiro atoms. The summed E-state index contributed by atoms with van der Waals surface area (Å²) in [5.41, 5.74) is 5.73. The van der Waals surface area contributed by atoms with Crippen LogP contribution in [-0.2, 0) is 4.79 Å².